The Morgan fingerprint density at radius 3 is 2.82 bits per heavy atom. The van der Waals surface area contributed by atoms with Crippen molar-refractivity contribution in [2.45, 2.75) is 19.4 Å². The first-order valence-electron chi connectivity index (χ1n) is 5.71. The number of rotatable bonds is 4. The van der Waals surface area contributed by atoms with Crippen molar-refractivity contribution in [3.05, 3.63) is 59.4 Å². The van der Waals surface area contributed by atoms with Gasteiger partial charge in [0, 0.05) is 23.1 Å². The van der Waals surface area contributed by atoms with E-state index in [9.17, 15) is 0 Å². The fourth-order valence-electron chi connectivity index (χ4n) is 1.78. The molecule has 1 heterocycles. The second-order valence-electron chi connectivity index (χ2n) is 3.90. The summed E-state index contributed by atoms with van der Waals surface area (Å²) in [7, 11) is 0. The Labute approximate surface area is 107 Å². The molecule has 0 saturated carbocycles. The monoisotopic (exact) mass is 246 g/mol. The van der Waals surface area contributed by atoms with Gasteiger partial charge in [0.1, 0.15) is 0 Å². The molecule has 0 aliphatic rings. The van der Waals surface area contributed by atoms with E-state index in [1.807, 2.05) is 36.5 Å². The molecule has 1 atom stereocenters. The third-order valence-corrected chi connectivity index (χ3v) is 2.90. The van der Waals surface area contributed by atoms with Crippen LogP contribution in [0.5, 0.6) is 0 Å². The van der Waals surface area contributed by atoms with Gasteiger partial charge in [-0.2, -0.15) is 0 Å². The lowest BCUT2D eigenvalue weighted by Gasteiger charge is -2.18. The summed E-state index contributed by atoms with van der Waals surface area (Å²) in [5.74, 6) is 0. The van der Waals surface area contributed by atoms with E-state index in [-0.39, 0.29) is 6.04 Å². The second kappa shape index (κ2) is 5.69. The summed E-state index contributed by atoms with van der Waals surface area (Å²) in [5.41, 5.74) is 2.23. The average molecular weight is 247 g/mol. The summed E-state index contributed by atoms with van der Waals surface area (Å²) in [4.78, 5) is 4.15. The standard InChI is InChI=1S/C14H15ClN2/c1-2-14(11-5-4-8-16-10-11)17-13-7-3-6-12(15)9-13/h3-10,14,17H,2H2,1H3. The Bertz CT molecular complexity index is 471. The topological polar surface area (TPSA) is 24.9 Å². The van der Waals surface area contributed by atoms with E-state index in [4.69, 9.17) is 11.6 Å². The molecule has 0 aliphatic carbocycles. The Hall–Kier alpha value is -1.54. The SMILES string of the molecule is CCC(Nc1cccc(Cl)c1)c1cccnc1. The lowest BCUT2D eigenvalue weighted by Crippen LogP contribution is -2.09. The number of pyridine rings is 1. The Kier molecular flexibility index (Phi) is 3.99. The Balaban J connectivity index is 2.16. The predicted molar refractivity (Wildman–Crippen MR) is 72.3 cm³/mol. The molecular weight excluding hydrogens is 232 g/mol. The van der Waals surface area contributed by atoms with E-state index in [1.165, 1.54) is 5.56 Å². The highest BCUT2D eigenvalue weighted by Gasteiger charge is 2.08. The van der Waals surface area contributed by atoms with Crippen LogP contribution >= 0.6 is 11.6 Å². The maximum Gasteiger partial charge on any atom is 0.0526 e. The summed E-state index contributed by atoms with van der Waals surface area (Å²) in [5, 5.41) is 4.21. The number of aromatic nitrogens is 1. The van der Waals surface area contributed by atoms with E-state index in [1.54, 1.807) is 6.20 Å². The zero-order chi connectivity index (χ0) is 12.1. The zero-order valence-electron chi connectivity index (χ0n) is 9.73. The number of anilines is 1. The molecule has 3 heteroatoms. The smallest absolute Gasteiger partial charge is 0.0526 e. The minimum atomic E-state index is 0.266. The largest absolute Gasteiger partial charge is 0.378 e. The summed E-state index contributed by atoms with van der Waals surface area (Å²) in [6.45, 7) is 2.15. The van der Waals surface area contributed by atoms with Crippen molar-refractivity contribution in [3.8, 4) is 0 Å². The highest BCUT2D eigenvalue weighted by atomic mass is 35.5. The van der Waals surface area contributed by atoms with Gasteiger partial charge in [-0.3, -0.25) is 4.98 Å². The number of benzene rings is 1. The number of hydrogen-bond acceptors (Lipinski definition) is 2. The average Bonchev–Trinajstić information content (AvgIpc) is 2.37. The van der Waals surface area contributed by atoms with Crippen LogP contribution < -0.4 is 5.32 Å². The lowest BCUT2D eigenvalue weighted by molar-refractivity contribution is 0.745. The molecule has 1 aromatic heterocycles. The maximum atomic E-state index is 5.97. The molecule has 0 saturated heterocycles. The molecular formula is C14H15ClN2. The van der Waals surface area contributed by atoms with E-state index in [0.29, 0.717) is 0 Å². The van der Waals surface area contributed by atoms with Crippen LogP contribution in [0.4, 0.5) is 5.69 Å². The minimum absolute atomic E-state index is 0.266. The normalized spacial score (nSPS) is 12.1. The molecule has 2 rings (SSSR count). The first kappa shape index (κ1) is 11.9. The molecule has 1 N–H and O–H groups in total. The first-order valence-corrected chi connectivity index (χ1v) is 6.09. The molecule has 2 nitrogen and oxygen atoms in total. The number of nitrogens with one attached hydrogen (secondary N) is 1. The molecule has 2 aromatic rings. The van der Waals surface area contributed by atoms with Crippen LogP contribution in [-0.2, 0) is 0 Å². The Morgan fingerprint density at radius 2 is 2.18 bits per heavy atom. The van der Waals surface area contributed by atoms with Crippen LogP contribution in [-0.4, -0.2) is 4.98 Å². The van der Waals surface area contributed by atoms with E-state index >= 15 is 0 Å². The molecule has 0 aliphatic heterocycles. The van der Waals surface area contributed by atoms with Crippen molar-refractivity contribution in [1.29, 1.82) is 0 Å². The summed E-state index contributed by atoms with van der Waals surface area (Å²) >= 11 is 5.97. The first-order chi connectivity index (χ1) is 8.29. The number of halogens is 1. The van der Waals surface area contributed by atoms with Crippen molar-refractivity contribution < 1.29 is 0 Å². The molecule has 0 amide bonds. The molecule has 17 heavy (non-hydrogen) atoms. The van der Waals surface area contributed by atoms with Crippen molar-refractivity contribution >= 4 is 17.3 Å². The number of nitrogens with zero attached hydrogens (tertiary/aromatic N) is 1. The fraction of sp³-hybridized carbons (Fsp3) is 0.214. The Morgan fingerprint density at radius 1 is 1.29 bits per heavy atom. The van der Waals surface area contributed by atoms with Crippen LogP contribution in [0.1, 0.15) is 24.9 Å². The second-order valence-corrected chi connectivity index (χ2v) is 4.34. The van der Waals surface area contributed by atoms with Gasteiger partial charge in [-0.1, -0.05) is 30.7 Å². The van der Waals surface area contributed by atoms with Gasteiger partial charge in [0.25, 0.3) is 0 Å². The van der Waals surface area contributed by atoms with Gasteiger partial charge < -0.3 is 5.32 Å². The minimum Gasteiger partial charge on any atom is -0.378 e. The highest BCUT2D eigenvalue weighted by molar-refractivity contribution is 6.30. The third kappa shape index (κ3) is 3.21. The van der Waals surface area contributed by atoms with Gasteiger partial charge in [-0.25, -0.2) is 0 Å². The molecule has 1 unspecified atom stereocenters. The molecule has 0 radical (unpaired) electrons. The van der Waals surface area contributed by atoms with Gasteiger partial charge >= 0.3 is 0 Å². The predicted octanol–water partition coefficient (Wildman–Crippen LogP) is 4.30. The van der Waals surface area contributed by atoms with Crippen LogP contribution in [0, 0.1) is 0 Å². The van der Waals surface area contributed by atoms with Crippen LogP contribution in [0.2, 0.25) is 5.02 Å². The highest BCUT2D eigenvalue weighted by Crippen LogP contribution is 2.23. The van der Waals surface area contributed by atoms with E-state index in [0.717, 1.165) is 17.1 Å². The van der Waals surface area contributed by atoms with Gasteiger partial charge in [-0.15, -0.1) is 0 Å². The molecule has 0 bridgehead atoms. The lowest BCUT2D eigenvalue weighted by atomic mass is 10.1. The zero-order valence-corrected chi connectivity index (χ0v) is 10.5. The van der Waals surface area contributed by atoms with Crippen LogP contribution in [0.15, 0.2) is 48.8 Å². The van der Waals surface area contributed by atoms with E-state index < -0.39 is 0 Å². The summed E-state index contributed by atoms with van der Waals surface area (Å²) in [6, 6.07) is 12.1. The quantitative estimate of drug-likeness (QED) is 0.870. The van der Waals surface area contributed by atoms with Crippen molar-refractivity contribution in [3.63, 3.8) is 0 Å². The van der Waals surface area contributed by atoms with Crippen molar-refractivity contribution in [1.82, 2.24) is 4.98 Å². The third-order valence-electron chi connectivity index (χ3n) is 2.66. The van der Waals surface area contributed by atoms with Gasteiger partial charge in [0.05, 0.1) is 6.04 Å². The summed E-state index contributed by atoms with van der Waals surface area (Å²) < 4.78 is 0. The van der Waals surface area contributed by atoms with Crippen LogP contribution in [0.25, 0.3) is 0 Å². The molecule has 0 spiro atoms. The van der Waals surface area contributed by atoms with Crippen LogP contribution in [0.3, 0.4) is 0 Å². The molecule has 88 valence electrons. The van der Waals surface area contributed by atoms with Gasteiger partial charge in [0.15, 0.2) is 0 Å². The number of hydrogen-bond donors (Lipinski definition) is 1. The van der Waals surface area contributed by atoms with Gasteiger partial charge in [0.2, 0.25) is 0 Å². The van der Waals surface area contributed by atoms with Crippen molar-refractivity contribution in [2.24, 2.45) is 0 Å². The summed E-state index contributed by atoms with van der Waals surface area (Å²) in [6.07, 6.45) is 4.68. The molecule has 1 aromatic carbocycles. The maximum absolute atomic E-state index is 5.97. The van der Waals surface area contributed by atoms with Crippen molar-refractivity contribution in [2.75, 3.05) is 5.32 Å². The molecule has 0 fully saturated rings. The van der Waals surface area contributed by atoms with E-state index in [2.05, 4.69) is 23.3 Å². The van der Waals surface area contributed by atoms with Gasteiger partial charge in [-0.05, 0) is 36.2 Å². The fourth-order valence-corrected chi connectivity index (χ4v) is 1.97.